The van der Waals surface area contributed by atoms with E-state index in [4.69, 9.17) is 4.52 Å². The summed E-state index contributed by atoms with van der Waals surface area (Å²) in [4.78, 5) is 28.6. The lowest BCUT2D eigenvalue weighted by atomic mass is 9.91. The number of nitrogens with zero attached hydrogens (tertiary/aromatic N) is 1. The van der Waals surface area contributed by atoms with Crippen LogP contribution in [0.4, 0.5) is 10.6 Å². The molecule has 4 rings (SSSR count). The monoisotopic (exact) mass is 437 g/mol. The molecule has 170 valence electrons. The lowest BCUT2D eigenvalue weighted by molar-refractivity contribution is 0.0944. The van der Waals surface area contributed by atoms with Crippen molar-refractivity contribution >= 4 is 28.7 Å². The minimum atomic E-state index is -0.302. The number of H-pyrrole nitrogens is 1. The molecular weight excluding hydrogens is 406 g/mol. The highest BCUT2D eigenvalue weighted by molar-refractivity contribution is 6.07. The number of fused-ring (bicyclic) bond motifs is 3. The summed E-state index contributed by atoms with van der Waals surface area (Å²) < 4.78 is 5.33. The summed E-state index contributed by atoms with van der Waals surface area (Å²) in [6.45, 7) is 9.96. The summed E-state index contributed by atoms with van der Waals surface area (Å²) in [6, 6.07) is 7.29. The van der Waals surface area contributed by atoms with Crippen LogP contribution in [0.1, 0.15) is 68.4 Å². The number of rotatable bonds is 4. The predicted octanol–water partition coefficient (Wildman–Crippen LogP) is 4.27. The van der Waals surface area contributed by atoms with Crippen LogP contribution in [-0.4, -0.2) is 34.2 Å². The van der Waals surface area contributed by atoms with Gasteiger partial charge in [-0.15, -0.1) is 0 Å². The molecule has 0 aliphatic heterocycles. The molecule has 0 saturated carbocycles. The third-order valence-electron chi connectivity index (χ3n) is 5.71. The standard InChI is InChI=1S/C24H31N5O3/c1-13(2)25-22(30)16-8-6-7-15-17-11-14(9-10-18(17)27-21(15)16)26-23(31)28-20-12-19(32-29-20)24(3,4)5/h6-8,12-14,27H,9-11H2,1-5H3,(H,25,30)(H2,26,28,29,31). The van der Waals surface area contributed by atoms with E-state index in [2.05, 4.69) is 26.1 Å². The van der Waals surface area contributed by atoms with E-state index in [9.17, 15) is 9.59 Å². The maximum atomic E-state index is 12.6. The van der Waals surface area contributed by atoms with Crippen molar-refractivity contribution in [2.75, 3.05) is 5.32 Å². The Balaban J connectivity index is 1.47. The molecular formula is C24H31N5O3. The van der Waals surface area contributed by atoms with Crippen LogP contribution in [0.15, 0.2) is 28.8 Å². The SMILES string of the molecule is CC(C)NC(=O)c1cccc2c3c([nH]c12)CCC(NC(=O)Nc1cc(C(C)(C)C)on1)C3. The van der Waals surface area contributed by atoms with Gasteiger partial charge in [0.25, 0.3) is 5.91 Å². The molecule has 1 atom stereocenters. The zero-order valence-corrected chi connectivity index (χ0v) is 19.3. The van der Waals surface area contributed by atoms with Crippen LogP contribution in [0.3, 0.4) is 0 Å². The molecule has 0 saturated heterocycles. The predicted molar refractivity (Wildman–Crippen MR) is 124 cm³/mol. The number of amides is 3. The van der Waals surface area contributed by atoms with Gasteiger partial charge in [-0.3, -0.25) is 10.1 Å². The number of hydrogen-bond donors (Lipinski definition) is 4. The molecule has 4 N–H and O–H groups in total. The van der Waals surface area contributed by atoms with Crippen molar-refractivity contribution in [1.82, 2.24) is 20.8 Å². The second kappa shape index (κ2) is 8.33. The molecule has 0 bridgehead atoms. The van der Waals surface area contributed by atoms with Gasteiger partial charge in [-0.05, 0) is 44.7 Å². The number of benzene rings is 1. The maximum absolute atomic E-state index is 12.6. The summed E-state index contributed by atoms with van der Waals surface area (Å²) >= 11 is 0. The fraction of sp³-hybridized carbons (Fsp3) is 0.458. The Bertz CT molecular complexity index is 1150. The first-order chi connectivity index (χ1) is 15.1. The minimum Gasteiger partial charge on any atom is -0.359 e. The molecule has 1 aliphatic rings. The topological polar surface area (TPSA) is 112 Å². The summed E-state index contributed by atoms with van der Waals surface area (Å²) in [5, 5.41) is 13.8. The van der Waals surface area contributed by atoms with Crippen molar-refractivity contribution in [3.63, 3.8) is 0 Å². The number of carbonyl (C=O) groups is 2. The summed E-state index contributed by atoms with van der Waals surface area (Å²) in [5.74, 6) is 1.03. The van der Waals surface area contributed by atoms with Gasteiger partial charge in [-0.2, -0.15) is 0 Å². The van der Waals surface area contributed by atoms with Gasteiger partial charge in [0.1, 0.15) is 5.76 Å². The zero-order chi connectivity index (χ0) is 23.0. The first-order valence-electron chi connectivity index (χ1n) is 11.1. The molecule has 3 aromatic rings. The molecule has 1 aliphatic carbocycles. The minimum absolute atomic E-state index is 0.0105. The molecule has 0 fully saturated rings. The molecule has 2 heterocycles. The Morgan fingerprint density at radius 3 is 2.72 bits per heavy atom. The highest BCUT2D eigenvalue weighted by Gasteiger charge is 2.26. The number of carbonyl (C=O) groups excluding carboxylic acids is 2. The number of urea groups is 1. The molecule has 1 unspecified atom stereocenters. The molecule has 3 amide bonds. The average molecular weight is 438 g/mol. The maximum Gasteiger partial charge on any atom is 0.320 e. The number of aromatic amines is 1. The second-order valence-corrected chi connectivity index (χ2v) is 9.80. The van der Waals surface area contributed by atoms with Crippen LogP contribution < -0.4 is 16.0 Å². The highest BCUT2D eigenvalue weighted by Crippen LogP contribution is 2.31. The molecule has 8 heteroatoms. The Hall–Kier alpha value is -3.29. The lowest BCUT2D eigenvalue weighted by Crippen LogP contribution is -2.41. The molecule has 1 aromatic carbocycles. The van der Waals surface area contributed by atoms with E-state index in [1.165, 1.54) is 0 Å². The summed E-state index contributed by atoms with van der Waals surface area (Å²) in [5.41, 5.74) is 3.62. The second-order valence-electron chi connectivity index (χ2n) is 9.80. The number of aromatic nitrogens is 2. The zero-order valence-electron chi connectivity index (χ0n) is 19.3. The number of aryl methyl sites for hydroxylation is 1. The number of hydrogen-bond acceptors (Lipinski definition) is 4. The van der Waals surface area contributed by atoms with E-state index in [1.807, 2.05) is 52.8 Å². The van der Waals surface area contributed by atoms with Crippen LogP contribution in [0, 0.1) is 0 Å². The van der Waals surface area contributed by atoms with Gasteiger partial charge in [0, 0.05) is 34.6 Å². The Labute approximate surface area is 187 Å². The quantitative estimate of drug-likeness (QED) is 0.488. The molecule has 32 heavy (non-hydrogen) atoms. The van der Waals surface area contributed by atoms with Gasteiger partial charge >= 0.3 is 6.03 Å². The fourth-order valence-corrected chi connectivity index (χ4v) is 4.12. The Kier molecular flexibility index (Phi) is 5.71. The third-order valence-corrected chi connectivity index (χ3v) is 5.71. The van der Waals surface area contributed by atoms with Gasteiger partial charge in [-0.25, -0.2) is 4.79 Å². The van der Waals surface area contributed by atoms with Crippen LogP contribution in [0.25, 0.3) is 10.9 Å². The molecule has 8 nitrogen and oxygen atoms in total. The number of para-hydroxylation sites is 1. The van der Waals surface area contributed by atoms with Crippen LogP contribution >= 0.6 is 0 Å². The fourth-order valence-electron chi connectivity index (χ4n) is 4.12. The van der Waals surface area contributed by atoms with Crippen LogP contribution in [0.5, 0.6) is 0 Å². The average Bonchev–Trinajstić information content (AvgIpc) is 3.31. The van der Waals surface area contributed by atoms with Gasteiger partial charge in [0.15, 0.2) is 5.82 Å². The third kappa shape index (κ3) is 4.49. The summed E-state index contributed by atoms with van der Waals surface area (Å²) in [7, 11) is 0. The van der Waals surface area contributed by atoms with Gasteiger partial charge in [-0.1, -0.05) is 38.1 Å². The van der Waals surface area contributed by atoms with E-state index in [0.717, 1.165) is 35.0 Å². The van der Waals surface area contributed by atoms with E-state index < -0.39 is 0 Å². The van der Waals surface area contributed by atoms with E-state index in [0.29, 0.717) is 23.6 Å². The van der Waals surface area contributed by atoms with Crippen LogP contribution in [0.2, 0.25) is 0 Å². The van der Waals surface area contributed by atoms with Crippen molar-refractivity contribution in [1.29, 1.82) is 0 Å². The van der Waals surface area contributed by atoms with E-state index >= 15 is 0 Å². The van der Waals surface area contributed by atoms with Crippen molar-refractivity contribution in [2.24, 2.45) is 0 Å². The normalized spacial score (nSPS) is 16.1. The Morgan fingerprint density at radius 1 is 1.25 bits per heavy atom. The van der Waals surface area contributed by atoms with E-state index in [1.54, 1.807) is 6.07 Å². The first-order valence-corrected chi connectivity index (χ1v) is 11.1. The Morgan fingerprint density at radius 2 is 2.03 bits per heavy atom. The van der Waals surface area contributed by atoms with Gasteiger partial charge < -0.3 is 20.1 Å². The largest absolute Gasteiger partial charge is 0.359 e. The van der Waals surface area contributed by atoms with Gasteiger partial charge in [0.05, 0.1) is 11.1 Å². The summed E-state index contributed by atoms with van der Waals surface area (Å²) in [6.07, 6.45) is 2.31. The highest BCUT2D eigenvalue weighted by atomic mass is 16.5. The van der Waals surface area contributed by atoms with E-state index in [-0.39, 0.29) is 29.4 Å². The molecule has 0 spiro atoms. The smallest absolute Gasteiger partial charge is 0.320 e. The molecule has 0 radical (unpaired) electrons. The first kappa shape index (κ1) is 21.9. The van der Waals surface area contributed by atoms with Crippen molar-refractivity contribution in [2.45, 2.75) is 71.4 Å². The van der Waals surface area contributed by atoms with Crippen LogP contribution in [-0.2, 0) is 18.3 Å². The van der Waals surface area contributed by atoms with Gasteiger partial charge in [0.2, 0.25) is 0 Å². The lowest BCUT2D eigenvalue weighted by Gasteiger charge is -2.23. The van der Waals surface area contributed by atoms with Crippen molar-refractivity contribution < 1.29 is 14.1 Å². The number of nitrogens with one attached hydrogen (secondary N) is 4. The number of anilines is 1. The molecule has 2 aromatic heterocycles. The van der Waals surface area contributed by atoms with Crippen molar-refractivity contribution in [3.05, 3.63) is 46.8 Å². The van der Waals surface area contributed by atoms with Crippen molar-refractivity contribution in [3.8, 4) is 0 Å².